The zero-order valence-electron chi connectivity index (χ0n) is 13.0. The van der Waals surface area contributed by atoms with Gasteiger partial charge in [0.15, 0.2) is 11.3 Å². The monoisotopic (exact) mass is 326 g/mol. The van der Waals surface area contributed by atoms with E-state index in [0.29, 0.717) is 17.7 Å². The maximum Gasteiger partial charge on any atom is 0.283 e. The van der Waals surface area contributed by atoms with Crippen LogP contribution in [0.4, 0.5) is 4.39 Å². The minimum absolute atomic E-state index is 0.178. The van der Waals surface area contributed by atoms with E-state index in [2.05, 4.69) is 15.3 Å². The first kappa shape index (κ1) is 15.8. The predicted octanol–water partition coefficient (Wildman–Crippen LogP) is 1.88. The number of aryl methyl sites for hydroxylation is 1. The summed E-state index contributed by atoms with van der Waals surface area (Å²) in [5, 5.41) is 2.63. The van der Waals surface area contributed by atoms with Gasteiger partial charge in [0.25, 0.3) is 11.5 Å². The Morgan fingerprint density at radius 3 is 2.71 bits per heavy atom. The van der Waals surface area contributed by atoms with Crippen LogP contribution < -0.4 is 10.9 Å². The normalized spacial score (nSPS) is 10.8. The summed E-state index contributed by atoms with van der Waals surface area (Å²) in [6.07, 6.45) is 1.57. The van der Waals surface area contributed by atoms with E-state index in [4.69, 9.17) is 0 Å². The highest BCUT2D eigenvalue weighted by molar-refractivity contribution is 5.93. The van der Waals surface area contributed by atoms with Gasteiger partial charge < -0.3 is 5.32 Å². The summed E-state index contributed by atoms with van der Waals surface area (Å²) < 4.78 is 14.3. The summed E-state index contributed by atoms with van der Waals surface area (Å²) in [5.41, 5.74) is 0.980. The van der Waals surface area contributed by atoms with Crippen LogP contribution in [-0.2, 0) is 13.1 Å². The van der Waals surface area contributed by atoms with Crippen molar-refractivity contribution in [1.82, 2.24) is 19.9 Å². The number of aromatic nitrogens is 3. The highest BCUT2D eigenvalue weighted by atomic mass is 19.1. The van der Waals surface area contributed by atoms with Crippen molar-refractivity contribution in [3.05, 3.63) is 70.0 Å². The highest BCUT2D eigenvalue weighted by Gasteiger charge is 2.17. The summed E-state index contributed by atoms with van der Waals surface area (Å²) in [4.78, 5) is 33.1. The SMILES string of the molecule is CCn1c(=O)c(C(=O)NCc2ccc(F)cc2)nc2cccnc21. The number of pyridine rings is 1. The number of nitrogens with zero attached hydrogens (tertiary/aromatic N) is 3. The van der Waals surface area contributed by atoms with E-state index in [1.165, 1.54) is 16.7 Å². The van der Waals surface area contributed by atoms with Gasteiger partial charge in [0.2, 0.25) is 0 Å². The first-order valence-corrected chi connectivity index (χ1v) is 7.48. The van der Waals surface area contributed by atoms with Crippen molar-refractivity contribution >= 4 is 17.1 Å². The molecule has 2 aromatic heterocycles. The Hall–Kier alpha value is -3.09. The number of nitrogens with one attached hydrogen (secondary N) is 1. The Kier molecular flexibility index (Phi) is 4.33. The smallest absolute Gasteiger partial charge is 0.283 e. The molecule has 0 unspecified atom stereocenters. The van der Waals surface area contributed by atoms with Crippen LogP contribution in [-0.4, -0.2) is 20.4 Å². The molecule has 1 N–H and O–H groups in total. The van der Waals surface area contributed by atoms with Crippen molar-refractivity contribution in [2.45, 2.75) is 20.0 Å². The van der Waals surface area contributed by atoms with E-state index in [0.717, 1.165) is 5.56 Å². The van der Waals surface area contributed by atoms with Crippen LogP contribution in [0.3, 0.4) is 0 Å². The maximum atomic E-state index is 12.9. The standard InChI is InChI=1S/C17H15FN4O2/c1-2-22-15-13(4-3-9-19-15)21-14(17(22)24)16(23)20-10-11-5-7-12(18)8-6-11/h3-9H,2,10H2,1H3,(H,20,23). The molecule has 0 radical (unpaired) electrons. The fraction of sp³-hybridized carbons (Fsp3) is 0.176. The van der Waals surface area contributed by atoms with E-state index < -0.39 is 11.5 Å². The molecule has 3 rings (SSSR count). The summed E-state index contributed by atoms with van der Waals surface area (Å²) in [5.74, 6) is -0.920. The quantitative estimate of drug-likeness (QED) is 0.794. The van der Waals surface area contributed by atoms with Crippen molar-refractivity contribution in [1.29, 1.82) is 0 Å². The molecule has 0 saturated carbocycles. The third kappa shape index (κ3) is 3.01. The Bertz CT molecular complexity index is 951. The maximum absolute atomic E-state index is 12.9. The van der Waals surface area contributed by atoms with Gasteiger partial charge in [-0.1, -0.05) is 12.1 Å². The number of amides is 1. The topological polar surface area (TPSA) is 76.9 Å². The largest absolute Gasteiger partial charge is 0.346 e. The van der Waals surface area contributed by atoms with Crippen LogP contribution in [0.2, 0.25) is 0 Å². The van der Waals surface area contributed by atoms with E-state index in [1.807, 2.05) is 0 Å². The first-order valence-electron chi connectivity index (χ1n) is 7.48. The molecule has 0 spiro atoms. The molecule has 122 valence electrons. The van der Waals surface area contributed by atoms with Gasteiger partial charge in [-0.25, -0.2) is 14.4 Å². The molecule has 0 saturated heterocycles. The molecule has 6 nitrogen and oxygen atoms in total. The number of carbonyl (C=O) groups is 1. The number of hydrogen-bond acceptors (Lipinski definition) is 4. The van der Waals surface area contributed by atoms with Gasteiger partial charge in [0, 0.05) is 19.3 Å². The van der Waals surface area contributed by atoms with Crippen LogP contribution >= 0.6 is 0 Å². The zero-order chi connectivity index (χ0) is 17.1. The lowest BCUT2D eigenvalue weighted by Gasteiger charge is -2.09. The van der Waals surface area contributed by atoms with Crippen molar-refractivity contribution < 1.29 is 9.18 Å². The van der Waals surface area contributed by atoms with Crippen molar-refractivity contribution in [2.75, 3.05) is 0 Å². The summed E-state index contributed by atoms with van der Waals surface area (Å²) >= 11 is 0. The van der Waals surface area contributed by atoms with E-state index in [1.54, 1.807) is 37.4 Å². The van der Waals surface area contributed by atoms with Crippen LogP contribution in [0.25, 0.3) is 11.2 Å². The third-order valence-corrected chi connectivity index (χ3v) is 3.60. The number of fused-ring (bicyclic) bond motifs is 1. The molecular formula is C17H15FN4O2. The van der Waals surface area contributed by atoms with Gasteiger partial charge in [-0.05, 0) is 36.8 Å². The van der Waals surface area contributed by atoms with Crippen LogP contribution in [0.1, 0.15) is 23.0 Å². The molecule has 3 aromatic rings. The molecule has 24 heavy (non-hydrogen) atoms. The molecule has 1 amide bonds. The Balaban J connectivity index is 1.90. The summed E-state index contributed by atoms with van der Waals surface area (Å²) in [6, 6.07) is 9.15. The van der Waals surface area contributed by atoms with Gasteiger partial charge in [-0.3, -0.25) is 14.2 Å². The number of carbonyl (C=O) groups excluding carboxylic acids is 1. The molecule has 7 heteroatoms. The predicted molar refractivity (Wildman–Crippen MR) is 87.0 cm³/mol. The second kappa shape index (κ2) is 6.57. The molecule has 0 bridgehead atoms. The molecule has 0 fully saturated rings. The Morgan fingerprint density at radius 2 is 2.00 bits per heavy atom. The lowest BCUT2D eigenvalue weighted by atomic mass is 10.2. The lowest BCUT2D eigenvalue weighted by molar-refractivity contribution is 0.0944. The van der Waals surface area contributed by atoms with Crippen LogP contribution in [0.15, 0.2) is 47.4 Å². The van der Waals surface area contributed by atoms with Gasteiger partial charge in [-0.15, -0.1) is 0 Å². The highest BCUT2D eigenvalue weighted by Crippen LogP contribution is 2.07. The molecule has 0 aliphatic heterocycles. The summed E-state index contributed by atoms with van der Waals surface area (Å²) in [6.45, 7) is 2.36. The first-order chi connectivity index (χ1) is 11.6. The average molecular weight is 326 g/mol. The molecule has 0 aliphatic carbocycles. The second-order valence-corrected chi connectivity index (χ2v) is 5.17. The fourth-order valence-corrected chi connectivity index (χ4v) is 2.39. The third-order valence-electron chi connectivity index (χ3n) is 3.60. The molecule has 2 heterocycles. The van der Waals surface area contributed by atoms with E-state index in [-0.39, 0.29) is 18.1 Å². The number of benzene rings is 1. The van der Waals surface area contributed by atoms with E-state index >= 15 is 0 Å². The van der Waals surface area contributed by atoms with Crippen molar-refractivity contribution in [3.63, 3.8) is 0 Å². The molecular weight excluding hydrogens is 311 g/mol. The van der Waals surface area contributed by atoms with Crippen LogP contribution in [0.5, 0.6) is 0 Å². The van der Waals surface area contributed by atoms with Gasteiger partial charge >= 0.3 is 0 Å². The minimum Gasteiger partial charge on any atom is -0.346 e. The zero-order valence-corrected chi connectivity index (χ0v) is 13.0. The number of hydrogen-bond donors (Lipinski definition) is 1. The Morgan fingerprint density at radius 1 is 1.25 bits per heavy atom. The lowest BCUT2D eigenvalue weighted by Crippen LogP contribution is -2.34. The fourth-order valence-electron chi connectivity index (χ4n) is 2.39. The average Bonchev–Trinajstić information content (AvgIpc) is 2.60. The van der Waals surface area contributed by atoms with Crippen molar-refractivity contribution in [2.24, 2.45) is 0 Å². The second-order valence-electron chi connectivity index (χ2n) is 5.17. The molecule has 0 atom stereocenters. The van der Waals surface area contributed by atoms with E-state index in [9.17, 15) is 14.0 Å². The Labute approximate surface area is 137 Å². The van der Waals surface area contributed by atoms with Crippen molar-refractivity contribution in [3.8, 4) is 0 Å². The van der Waals surface area contributed by atoms with Gasteiger partial charge in [0.05, 0.1) is 0 Å². The molecule has 0 aliphatic rings. The minimum atomic E-state index is -0.572. The molecule has 1 aromatic carbocycles. The number of rotatable bonds is 4. The number of halogens is 1. The summed E-state index contributed by atoms with van der Waals surface area (Å²) in [7, 11) is 0. The van der Waals surface area contributed by atoms with Gasteiger partial charge in [0.1, 0.15) is 11.3 Å². The van der Waals surface area contributed by atoms with Crippen LogP contribution in [0, 0.1) is 5.82 Å². The van der Waals surface area contributed by atoms with Gasteiger partial charge in [-0.2, -0.15) is 0 Å².